The molecule has 0 amide bonds. The van der Waals surface area contributed by atoms with Gasteiger partial charge >= 0.3 is 0 Å². The molecule has 4 aromatic rings. The molecule has 0 aliphatic carbocycles. The van der Waals surface area contributed by atoms with Crippen LogP contribution in [0.3, 0.4) is 0 Å². The van der Waals surface area contributed by atoms with E-state index >= 15 is 0 Å². The van der Waals surface area contributed by atoms with Crippen LogP contribution in [0.1, 0.15) is 0 Å². The van der Waals surface area contributed by atoms with E-state index in [1.807, 2.05) is 54.6 Å². The number of hydrogen-bond acceptors (Lipinski definition) is 3. The number of rotatable bonds is 3. The zero-order chi connectivity index (χ0) is 16.5. The van der Waals surface area contributed by atoms with Crippen LogP contribution < -0.4 is 5.32 Å². The molecule has 1 heterocycles. The van der Waals surface area contributed by atoms with Crippen molar-refractivity contribution < 1.29 is 4.52 Å². The summed E-state index contributed by atoms with van der Waals surface area (Å²) in [5, 5.41) is 9.37. The summed E-state index contributed by atoms with van der Waals surface area (Å²) >= 11 is 12.7. The molecule has 1 N–H and O–H groups in total. The van der Waals surface area contributed by atoms with Gasteiger partial charge in [0, 0.05) is 10.6 Å². The molecule has 0 aliphatic rings. The van der Waals surface area contributed by atoms with E-state index in [2.05, 4.69) is 10.5 Å². The van der Waals surface area contributed by atoms with Gasteiger partial charge < -0.3 is 9.84 Å². The van der Waals surface area contributed by atoms with Gasteiger partial charge in [-0.1, -0.05) is 70.8 Å². The summed E-state index contributed by atoms with van der Waals surface area (Å²) in [5.41, 5.74) is 3.43. The van der Waals surface area contributed by atoms with Crippen molar-refractivity contribution in [3.63, 3.8) is 0 Å². The van der Waals surface area contributed by atoms with Crippen molar-refractivity contribution in [1.29, 1.82) is 0 Å². The summed E-state index contributed by atoms with van der Waals surface area (Å²) in [5.74, 6) is 0.583. The second-order valence-electron chi connectivity index (χ2n) is 5.33. The van der Waals surface area contributed by atoms with Crippen LogP contribution in [-0.2, 0) is 0 Å². The lowest BCUT2D eigenvalue weighted by atomic mass is 10.1. The predicted molar refractivity (Wildman–Crippen MR) is 99.2 cm³/mol. The monoisotopic (exact) mass is 354 g/mol. The van der Waals surface area contributed by atoms with E-state index in [0.717, 1.165) is 22.2 Å². The molecule has 3 nitrogen and oxygen atoms in total. The van der Waals surface area contributed by atoms with E-state index in [0.29, 0.717) is 21.4 Å². The fourth-order valence-corrected chi connectivity index (χ4v) is 3.05. The topological polar surface area (TPSA) is 38.1 Å². The molecule has 24 heavy (non-hydrogen) atoms. The largest absolute Gasteiger partial charge is 0.354 e. The van der Waals surface area contributed by atoms with E-state index in [1.165, 1.54) is 0 Å². The van der Waals surface area contributed by atoms with E-state index in [1.54, 1.807) is 12.1 Å². The Balaban J connectivity index is 1.76. The predicted octanol–water partition coefficient (Wildman–Crippen LogP) is 6.55. The first-order valence-corrected chi connectivity index (χ1v) is 8.14. The molecule has 0 bridgehead atoms. The zero-order valence-electron chi connectivity index (χ0n) is 12.5. The number of aromatic nitrogens is 1. The highest BCUT2D eigenvalue weighted by atomic mass is 35.5. The average molecular weight is 355 g/mol. The van der Waals surface area contributed by atoms with E-state index in [9.17, 15) is 0 Å². The second kappa shape index (κ2) is 6.19. The molecule has 1 aromatic heterocycles. The lowest BCUT2D eigenvalue weighted by Crippen LogP contribution is -1.93. The lowest BCUT2D eigenvalue weighted by molar-refractivity contribution is 0.460. The Bertz CT molecular complexity index is 1010. The number of anilines is 2. The molecule has 4 rings (SSSR count). The third-order valence-corrected chi connectivity index (χ3v) is 4.41. The van der Waals surface area contributed by atoms with Crippen molar-refractivity contribution in [3.8, 4) is 11.1 Å². The quantitative estimate of drug-likeness (QED) is 0.453. The Kier molecular flexibility index (Phi) is 3.89. The Morgan fingerprint density at radius 3 is 2.54 bits per heavy atom. The van der Waals surface area contributed by atoms with Crippen molar-refractivity contribution >= 4 is 45.7 Å². The highest BCUT2D eigenvalue weighted by Crippen LogP contribution is 2.36. The highest BCUT2D eigenvalue weighted by Gasteiger charge is 2.13. The molecule has 0 saturated heterocycles. The maximum Gasteiger partial charge on any atom is 0.181 e. The molecule has 118 valence electrons. The first-order valence-electron chi connectivity index (χ1n) is 7.38. The van der Waals surface area contributed by atoms with Crippen molar-refractivity contribution in [2.45, 2.75) is 0 Å². The Morgan fingerprint density at radius 1 is 0.875 bits per heavy atom. The molecule has 0 atom stereocenters. The van der Waals surface area contributed by atoms with Gasteiger partial charge in [-0.25, -0.2) is 0 Å². The molecule has 5 heteroatoms. The molecule has 0 aliphatic heterocycles. The van der Waals surface area contributed by atoms with Gasteiger partial charge in [0.1, 0.15) is 0 Å². The van der Waals surface area contributed by atoms with Crippen molar-refractivity contribution in [3.05, 3.63) is 76.8 Å². The minimum Gasteiger partial charge on any atom is -0.354 e. The van der Waals surface area contributed by atoms with Gasteiger partial charge in [-0.15, -0.1) is 0 Å². The van der Waals surface area contributed by atoms with Gasteiger partial charge in [0.05, 0.1) is 16.1 Å². The maximum atomic E-state index is 6.60. The molecule has 0 unspecified atom stereocenters. The van der Waals surface area contributed by atoms with Gasteiger partial charge in [0.2, 0.25) is 0 Å². The fourth-order valence-electron chi connectivity index (χ4n) is 2.60. The van der Waals surface area contributed by atoms with Gasteiger partial charge in [-0.2, -0.15) is 0 Å². The summed E-state index contributed by atoms with van der Waals surface area (Å²) in [6.07, 6.45) is 0. The van der Waals surface area contributed by atoms with Gasteiger partial charge in [-0.3, -0.25) is 0 Å². The van der Waals surface area contributed by atoms with Crippen LogP contribution in [-0.4, -0.2) is 5.16 Å². The lowest BCUT2D eigenvalue weighted by Gasteiger charge is -2.10. The highest BCUT2D eigenvalue weighted by molar-refractivity contribution is 6.36. The zero-order valence-corrected chi connectivity index (χ0v) is 14.0. The normalized spacial score (nSPS) is 10.9. The van der Waals surface area contributed by atoms with Crippen LogP contribution in [0, 0.1) is 0 Å². The van der Waals surface area contributed by atoms with Crippen molar-refractivity contribution in [2.75, 3.05) is 5.32 Å². The number of halogens is 2. The van der Waals surface area contributed by atoms with E-state index < -0.39 is 0 Å². The van der Waals surface area contributed by atoms with E-state index in [4.69, 9.17) is 27.7 Å². The number of fused-ring (bicyclic) bond motifs is 1. The number of nitrogens with zero attached hydrogens (tertiary/aromatic N) is 1. The third kappa shape index (κ3) is 2.73. The number of benzene rings is 3. The second-order valence-corrected chi connectivity index (χ2v) is 6.14. The van der Waals surface area contributed by atoms with Crippen LogP contribution in [0.5, 0.6) is 0 Å². The molecule has 0 saturated carbocycles. The summed E-state index contributed by atoms with van der Waals surface area (Å²) in [6.45, 7) is 0. The number of hydrogen-bond donors (Lipinski definition) is 1. The Morgan fingerprint density at radius 2 is 1.71 bits per heavy atom. The molecule has 3 aromatic carbocycles. The van der Waals surface area contributed by atoms with Crippen molar-refractivity contribution in [2.24, 2.45) is 0 Å². The van der Waals surface area contributed by atoms with Crippen LogP contribution >= 0.6 is 23.2 Å². The summed E-state index contributed by atoms with van der Waals surface area (Å²) in [6, 6.07) is 21.2. The first kappa shape index (κ1) is 15.1. The molecule has 0 fully saturated rings. The average Bonchev–Trinajstić information content (AvgIpc) is 3.00. The number of nitrogens with one attached hydrogen (secondary N) is 1. The first-order chi connectivity index (χ1) is 11.7. The van der Waals surface area contributed by atoms with Gasteiger partial charge in [0.15, 0.2) is 11.4 Å². The Hall–Kier alpha value is -2.49. The summed E-state index contributed by atoms with van der Waals surface area (Å²) in [4.78, 5) is 0. The smallest absolute Gasteiger partial charge is 0.181 e. The van der Waals surface area contributed by atoms with Crippen LogP contribution in [0.25, 0.3) is 22.1 Å². The van der Waals surface area contributed by atoms with Gasteiger partial charge in [0.25, 0.3) is 0 Å². The van der Waals surface area contributed by atoms with Crippen molar-refractivity contribution in [1.82, 2.24) is 5.16 Å². The molecular formula is C19H12Cl2N2O. The standard InChI is InChI=1S/C19H12Cl2N2O/c20-13-9-10-17-15(11-13)19(23-24-17)22-16-8-4-7-14(18(16)21)12-5-2-1-3-6-12/h1-11H,(H,22,23). The SMILES string of the molecule is Clc1ccc2onc(Nc3cccc(-c4ccccc4)c3Cl)c2c1. The van der Waals surface area contributed by atoms with Crippen LogP contribution in [0.4, 0.5) is 11.5 Å². The minimum absolute atomic E-state index is 0.583. The fraction of sp³-hybridized carbons (Fsp3) is 0. The molecule has 0 radical (unpaired) electrons. The third-order valence-electron chi connectivity index (χ3n) is 3.77. The van der Waals surface area contributed by atoms with Gasteiger partial charge in [-0.05, 0) is 29.8 Å². The molecular weight excluding hydrogens is 343 g/mol. The minimum atomic E-state index is 0.583. The Labute approximate surface area is 148 Å². The summed E-state index contributed by atoms with van der Waals surface area (Å²) < 4.78 is 5.32. The van der Waals surface area contributed by atoms with Crippen LogP contribution in [0.2, 0.25) is 10.0 Å². The van der Waals surface area contributed by atoms with E-state index in [-0.39, 0.29) is 0 Å². The van der Waals surface area contributed by atoms with Crippen LogP contribution in [0.15, 0.2) is 71.3 Å². The molecule has 0 spiro atoms. The summed E-state index contributed by atoms with van der Waals surface area (Å²) in [7, 11) is 0. The maximum absolute atomic E-state index is 6.60.